The van der Waals surface area contributed by atoms with E-state index in [9.17, 15) is 0 Å². The third-order valence-electron chi connectivity index (χ3n) is 8.80. The van der Waals surface area contributed by atoms with Gasteiger partial charge in [0.05, 0.1) is 16.8 Å². The smallest absolute Gasteiger partial charge is 0.200 e. The van der Waals surface area contributed by atoms with Crippen molar-refractivity contribution in [3.05, 3.63) is 139 Å². The molecular weight excluding hydrogens is 584 g/mol. The van der Waals surface area contributed by atoms with Gasteiger partial charge in [0.25, 0.3) is 0 Å². The molecule has 0 fully saturated rings. The van der Waals surface area contributed by atoms with Crippen molar-refractivity contribution in [1.82, 2.24) is 15.0 Å². The topological polar surface area (TPSA) is 86.2 Å². The number of hydrogen-bond donors (Lipinski definition) is 1. The van der Waals surface area contributed by atoms with Crippen LogP contribution in [0.4, 0.5) is 5.69 Å². The molecule has 222 valence electrons. The Hall–Kier alpha value is -6.47. The summed E-state index contributed by atoms with van der Waals surface area (Å²) in [5.41, 5.74) is 7.56. The zero-order valence-corrected chi connectivity index (χ0v) is 24.8. The lowest BCUT2D eigenvalue weighted by atomic mass is 10.1. The average molecular weight is 609 g/mol. The number of furan rings is 2. The summed E-state index contributed by atoms with van der Waals surface area (Å²) in [6.07, 6.45) is -0.373. The van der Waals surface area contributed by atoms with Gasteiger partial charge in [-0.05, 0) is 48.5 Å². The molecule has 0 saturated heterocycles. The van der Waals surface area contributed by atoms with Crippen LogP contribution in [0.15, 0.2) is 142 Å². The second-order valence-electron chi connectivity index (χ2n) is 11.6. The molecule has 0 spiro atoms. The third kappa shape index (κ3) is 4.10. The summed E-state index contributed by atoms with van der Waals surface area (Å²) in [6.45, 7) is 0. The number of fused-ring (bicyclic) bond motifs is 7. The maximum absolute atomic E-state index is 6.73. The van der Waals surface area contributed by atoms with Gasteiger partial charge in [-0.1, -0.05) is 84.9 Å². The van der Waals surface area contributed by atoms with Gasteiger partial charge < -0.3 is 18.9 Å². The number of nitrogens with zero attached hydrogens (tertiary/aromatic N) is 3. The summed E-state index contributed by atoms with van der Waals surface area (Å²) in [4.78, 5) is 15.1. The Morgan fingerprint density at radius 3 is 2.09 bits per heavy atom. The summed E-state index contributed by atoms with van der Waals surface area (Å²) >= 11 is 0. The molecule has 4 heterocycles. The molecule has 1 atom stereocenters. The van der Waals surface area contributed by atoms with Gasteiger partial charge in [0.1, 0.15) is 28.1 Å². The first-order chi connectivity index (χ1) is 23.3. The van der Waals surface area contributed by atoms with Gasteiger partial charge in [-0.15, -0.1) is 0 Å². The highest BCUT2D eigenvalue weighted by molar-refractivity contribution is 6.10. The maximum atomic E-state index is 6.73. The first-order valence-electron chi connectivity index (χ1n) is 15.5. The van der Waals surface area contributed by atoms with Gasteiger partial charge in [-0.25, -0.2) is 15.0 Å². The number of hydrogen-bond acceptors (Lipinski definition) is 7. The minimum absolute atomic E-state index is 0.373. The molecule has 7 heteroatoms. The van der Waals surface area contributed by atoms with Gasteiger partial charge in [0, 0.05) is 32.7 Å². The second-order valence-corrected chi connectivity index (χ2v) is 11.6. The van der Waals surface area contributed by atoms with Gasteiger partial charge in [0.15, 0.2) is 23.7 Å². The molecule has 0 radical (unpaired) electrons. The van der Waals surface area contributed by atoms with Crippen LogP contribution in [-0.2, 0) is 0 Å². The number of aromatic nitrogens is 3. The lowest BCUT2D eigenvalue weighted by molar-refractivity contribution is 0.260. The predicted molar refractivity (Wildman–Crippen MR) is 184 cm³/mol. The summed E-state index contributed by atoms with van der Waals surface area (Å²) < 4.78 is 19.1. The Kier molecular flexibility index (Phi) is 5.50. The second kappa shape index (κ2) is 10.0. The first kappa shape index (κ1) is 25.8. The molecule has 1 N–H and O–H groups in total. The maximum Gasteiger partial charge on any atom is 0.200 e. The van der Waals surface area contributed by atoms with E-state index < -0.39 is 0 Å². The van der Waals surface area contributed by atoms with Crippen molar-refractivity contribution in [1.29, 1.82) is 0 Å². The number of nitrogens with one attached hydrogen (secondary N) is 1. The zero-order valence-electron chi connectivity index (χ0n) is 24.8. The van der Waals surface area contributed by atoms with Crippen LogP contribution in [0.2, 0.25) is 0 Å². The normalized spacial score (nSPS) is 14.1. The Balaban J connectivity index is 1.16. The van der Waals surface area contributed by atoms with Crippen LogP contribution in [-0.4, -0.2) is 15.0 Å². The van der Waals surface area contributed by atoms with Crippen molar-refractivity contribution in [2.24, 2.45) is 0 Å². The van der Waals surface area contributed by atoms with Gasteiger partial charge in [-0.3, -0.25) is 0 Å². The molecule has 0 saturated carbocycles. The molecule has 47 heavy (non-hydrogen) atoms. The molecule has 6 aromatic carbocycles. The highest BCUT2D eigenvalue weighted by Gasteiger charge is 2.27. The van der Waals surface area contributed by atoms with Crippen molar-refractivity contribution in [2.75, 3.05) is 5.32 Å². The van der Waals surface area contributed by atoms with Gasteiger partial charge >= 0.3 is 0 Å². The van der Waals surface area contributed by atoms with Crippen LogP contribution < -0.4 is 10.1 Å². The molecule has 1 aliphatic rings. The minimum Gasteiger partial charge on any atom is -0.464 e. The highest BCUT2D eigenvalue weighted by atomic mass is 16.5. The van der Waals surface area contributed by atoms with Crippen molar-refractivity contribution < 1.29 is 13.6 Å². The largest absolute Gasteiger partial charge is 0.464 e. The SMILES string of the molecule is c1ccc(-c2nc(-c3ccc4oc5ccccc5c4c3)nc(-c3cccc4c3oc3c(C5Nc6ccccc6O5)cccc34)n2)cc1. The van der Waals surface area contributed by atoms with Crippen molar-refractivity contribution in [3.8, 4) is 39.9 Å². The standard InChI is InChI=1S/C40H24N4O3/c1-2-10-23(11-3-1)37-42-38(24-20-21-33-30(22-24)25-12-4-6-18-32(25)45-33)44-39(43-37)28-15-8-13-26-27-14-9-16-29(36(27)47-35(26)28)40-41-31-17-5-7-19-34(31)46-40/h1-22,40-41H. The van der Waals surface area contributed by atoms with Crippen LogP contribution in [0.1, 0.15) is 11.8 Å². The molecule has 1 aliphatic heterocycles. The molecular formula is C40H24N4O3. The zero-order chi connectivity index (χ0) is 30.9. The average Bonchev–Trinajstić information content (AvgIpc) is 3.85. The summed E-state index contributed by atoms with van der Waals surface area (Å²) in [6, 6.07) is 44.3. The molecule has 0 amide bonds. The fourth-order valence-corrected chi connectivity index (χ4v) is 6.56. The number of anilines is 1. The molecule has 10 rings (SSSR count). The van der Waals surface area contributed by atoms with E-state index >= 15 is 0 Å². The van der Waals surface area contributed by atoms with Crippen molar-refractivity contribution >= 4 is 49.6 Å². The lowest BCUT2D eigenvalue weighted by Gasteiger charge is -2.11. The Bertz CT molecular complexity index is 2630. The van der Waals surface area contributed by atoms with Crippen molar-refractivity contribution in [3.63, 3.8) is 0 Å². The van der Waals surface area contributed by atoms with Crippen LogP contribution in [0, 0.1) is 0 Å². The Morgan fingerprint density at radius 1 is 0.489 bits per heavy atom. The molecule has 7 nitrogen and oxygen atoms in total. The summed E-state index contributed by atoms with van der Waals surface area (Å²) in [5.74, 6) is 2.49. The van der Waals surface area contributed by atoms with E-state index in [1.807, 2.05) is 109 Å². The van der Waals surface area contributed by atoms with Crippen molar-refractivity contribution in [2.45, 2.75) is 6.23 Å². The number of rotatable bonds is 4. The first-order valence-corrected chi connectivity index (χ1v) is 15.5. The molecule has 0 bridgehead atoms. The molecule has 0 aliphatic carbocycles. The van der Waals surface area contributed by atoms with Crippen LogP contribution in [0.25, 0.3) is 78.0 Å². The van der Waals surface area contributed by atoms with E-state index in [1.54, 1.807) is 0 Å². The Morgan fingerprint density at radius 2 is 1.19 bits per heavy atom. The summed E-state index contributed by atoms with van der Waals surface area (Å²) in [5, 5.41) is 7.52. The van der Waals surface area contributed by atoms with E-state index in [1.165, 1.54) is 0 Å². The fraction of sp³-hybridized carbons (Fsp3) is 0.0250. The van der Waals surface area contributed by atoms with E-state index in [2.05, 4.69) is 29.6 Å². The number of para-hydroxylation sites is 5. The predicted octanol–water partition coefficient (Wildman–Crippen LogP) is 10.2. The lowest BCUT2D eigenvalue weighted by Crippen LogP contribution is -2.10. The van der Waals surface area contributed by atoms with E-state index in [0.717, 1.165) is 72.0 Å². The Labute approximate surface area is 268 Å². The van der Waals surface area contributed by atoms with Gasteiger partial charge in [0.2, 0.25) is 0 Å². The van der Waals surface area contributed by atoms with E-state index in [0.29, 0.717) is 23.1 Å². The van der Waals surface area contributed by atoms with Crippen LogP contribution in [0.3, 0.4) is 0 Å². The third-order valence-corrected chi connectivity index (χ3v) is 8.80. The quantitative estimate of drug-likeness (QED) is 0.213. The molecule has 1 unspecified atom stereocenters. The highest BCUT2D eigenvalue weighted by Crippen LogP contribution is 2.43. The van der Waals surface area contributed by atoms with Crippen LogP contribution in [0.5, 0.6) is 5.75 Å². The molecule has 9 aromatic rings. The van der Waals surface area contributed by atoms with E-state index in [4.69, 9.17) is 28.5 Å². The van der Waals surface area contributed by atoms with Gasteiger partial charge in [-0.2, -0.15) is 0 Å². The van der Waals surface area contributed by atoms with Crippen LogP contribution >= 0.6 is 0 Å². The fourth-order valence-electron chi connectivity index (χ4n) is 6.56. The number of benzene rings is 6. The number of ether oxygens (including phenoxy) is 1. The van der Waals surface area contributed by atoms with E-state index in [-0.39, 0.29) is 6.23 Å². The molecule has 3 aromatic heterocycles. The summed E-state index contributed by atoms with van der Waals surface area (Å²) in [7, 11) is 0. The monoisotopic (exact) mass is 608 g/mol. The minimum atomic E-state index is -0.373.